The van der Waals surface area contributed by atoms with E-state index in [4.69, 9.17) is 17.3 Å². The summed E-state index contributed by atoms with van der Waals surface area (Å²) < 4.78 is 12.8. The molecular weight excluding hydrogens is 278 g/mol. The van der Waals surface area contributed by atoms with Crippen molar-refractivity contribution < 1.29 is 9.18 Å². The molecule has 1 rings (SSSR count). The number of halogens is 3. The lowest BCUT2D eigenvalue weighted by Gasteiger charge is -2.10. The molecule has 1 atom stereocenters. The minimum atomic E-state index is -0.362. The van der Waals surface area contributed by atoms with Crippen LogP contribution in [0.4, 0.5) is 4.39 Å². The number of carbonyl (C=O) groups excluding carboxylic acids is 1. The summed E-state index contributed by atoms with van der Waals surface area (Å²) in [5, 5.41) is 3.13. The smallest absolute Gasteiger partial charge is 0.224 e. The molecule has 0 aliphatic rings. The Hall–Kier alpha value is -0.840. The van der Waals surface area contributed by atoms with Gasteiger partial charge in [-0.15, -0.1) is 12.4 Å². The molecule has 0 saturated carbocycles. The van der Waals surface area contributed by atoms with Gasteiger partial charge >= 0.3 is 0 Å². The van der Waals surface area contributed by atoms with E-state index < -0.39 is 0 Å². The van der Waals surface area contributed by atoms with Gasteiger partial charge in [-0.2, -0.15) is 0 Å². The first kappa shape index (κ1) is 17.2. The second kappa shape index (κ2) is 8.29. The average Bonchev–Trinajstić information content (AvgIpc) is 2.30. The summed E-state index contributed by atoms with van der Waals surface area (Å²) in [7, 11) is 0. The fraction of sp³-hybridized carbons (Fsp3) is 0.417. The molecule has 1 aromatic carbocycles. The van der Waals surface area contributed by atoms with E-state index in [1.54, 1.807) is 13.0 Å². The van der Waals surface area contributed by atoms with Crippen molar-refractivity contribution in [3.05, 3.63) is 34.6 Å². The van der Waals surface area contributed by atoms with E-state index in [0.717, 1.165) is 5.56 Å². The van der Waals surface area contributed by atoms with Gasteiger partial charge in [0.15, 0.2) is 0 Å². The molecule has 0 saturated heterocycles. The van der Waals surface area contributed by atoms with Gasteiger partial charge in [0.25, 0.3) is 0 Å². The summed E-state index contributed by atoms with van der Waals surface area (Å²) in [5.74, 6) is -0.635. The summed E-state index contributed by atoms with van der Waals surface area (Å²) in [6.07, 6.45) is 0.572. The van der Waals surface area contributed by atoms with Crippen LogP contribution in [0.15, 0.2) is 18.2 Å². The van der Waals surface area contributed by atoms with Crippen LogP contribution in [-0.2, 0) is 11.2 Å². The topological polar surface area (TPSA) is 55.1 Å². The molecule has 18 heavy (non-hydrogen) atoms. The molecule has 0 bridgehead atoms. The van der Waals surface area contributed by atoms with Crippen LogP contribution in [0.3, 0.4) is 0 Å². The summed E-state index contributed by atoms with van der Waals surface area (Å²) in [6, 6.07) is 4.24. The fourth-order valence-corrected chi connectivity index (χ4v) is 1.59. The van der Waals surface area contributed by atoms with Crippen LogP contribution in [-0.4, -0.2) is 19.0 Å². The van der Waals surface area contributed by atoms with E-state index in [9.17, 15) is 9.18 Å². The summed E-state index contributed by atoms with van der Waals surface area (Å²) in [5.41, 5.74) is 6.19. The average molecular weight is 295 g/mol. The zero-order valence-corrected chi connectivity index (χ0v) is 11.7. The second-order valence-corrected chi connectivity index (χ2v) is 4.32. The quantitative estimate of drug-likeness (QED) is 0.874. The summed E-state index contributed by atoms with van der Waals surface area (Å²) >= 11 is 5.86. The van der Waals surface area contributed by atoms with Gasteiger partial charge in [0.1, 0.15) is 5.82 Å². The minimum absolute atomic E-state index is 0. The Morgan fingerprint density at radius 3 is 2.78 bits per heavy atom. The Morgan fingerprint density at radius 1 is 1.56 bits per heavy atom. The maximum Gasteiger partial charge on any atom is 0.224 e. The molecule has 0 heterocycles. The number of rotatable bonds is 5. The molecule has 1 unspecified atom stereocenters. The Balaban J connectivity index is 0.00000289. The first-order valence-electron chi connectivity index (χ1n) is 5.46. The van der Waals surface area contributed by atoms with Gasteiger partial charge in [-0.3, -0.25) is 4.79 Å². The maximum atomic E-state index is 12.8. The molecule has 1 amide bonds. The summed E-state index contributed by atoms with van der Waals surface area (Å²) in [6.45, 7) is 2.55. The molecule has 1 aromatic rings. The van der Waals surface area contributed by atoms with Crippen molar-refractivity contribution in [3.8, 4) is 0 Å². The first-order chi connectivity index (χ1) is 8.04. The first-order valence-corrected chi connectivity index (χ1v) is 5.84. The van der Waals surface area contributed by atoms with Crippen LogP contribution in [0.1, 0.15) is 12.5 Å². The fourth-order valence-electron chi connectivity index (χ4n) is 1.33. The van der Waals surface area contributed by atoms with Crippen molar-refractivity contribution in [2.45, 2.75) is 13.3 Å². The normalized spacial score (nSPS) is 11.6. The number of benzene rings is 1. The van der Waals surface area contributed by atoms with Gasteiger partial charge in [-0.05, 0) is 24.1 Å². The van der Waals surface area contributed by atoms with Crippen LogP contribution >= 0.6 is 24.0 Å². The lowest BCUT2D eigenvalue weighted by atomic mass is 10.1. The molecule has 0 aliphatic carbocycles. The van der Waals surface area contributed by atoms with Crippen LogP contribution in [0.5, 0.6) is 0 Å². The van der Waals surface area contributed by atoms with Crippen molar-refractivity contribution in [1.29, 1.82) is 0 Å². The van der Waals surface area contributed by atoms with Crippen LogP contribution in [0.25, 0.3) is 0 Å². The third-order valence-electron chi connectivity index (χ3n) is 2.51. The Labute approximate surface area is 117 Å². The molecule has 0 aliphatic heterocycles. The van der Waals surface area contributed by atoms with Crippen LogP contribution in [0.2, 0.25) is 5.02 Å². The van der Waals surface area contributed by atoms with Crippen molar-refractivity contribution in [2.75, 3.05) is 13.1 Å². The van der Waals surface area contributed by atoms with E-state index >= 15 is 0 Å². The molecule has 0 aromatic heterocycles. The SMILES string of the molecule is CC(CN)C(=O)NCCc1ccc(F)cc1Cl.Cl. The molecule has 0 fully saturated rings. The lowest BCUT2D eigenvalue weighted by Crippen LogP contribution is -2.34. The van der Waals surface area contributed by atoms with E-state index in [-0.39, 0.29) is 30.0 Å². The van der Waals surface area contributed by atoms with E-state index in [1.807, 2.05) is 0 Å². The highest BCUT2D eigenvalue weighted by Crippen LogP contribution is 2.17. The van der Waals surface area contributed by atoms with Crippen molar-refractivity contribution in [1.82, 2.24) is 5.32 Å². The highest BCUT2D eigenvalue weighted by Gasteiger charge is 2.10. The Morgan fingerprint density at radius 2 is 2.22 bits per heavy atom. The zero-order chi connectivity index (χ0) is 12.8. The molecule has 3 N–H and O–H groups in total. The third-order valence-corrected chi connectivity index (χ3v) is 2.86. The highest BCUT2D eigenvalue weighted by atomic mass is 35.5. The van der Waals surface area contributed by atoms with Gasteiger partial charge in [-0.1, -0.05) is 24.6 Å². The molecule has 3 nitrogen and oxygen atoms in total. The van der Waals surface area contributed by atoms with E-state index in [1.165, 1.54) is 12.1 Å². The van der Waals surface area contributed by atoms with Crippen molar-refractivity contribution in [3.63, 3.8) is 0 Å². The van der Waals surface area contributed by atoms with Gasteiger partial charge in [0.2, 0.25) is 5.91 Å². The Kier molecular flexibility index (Phi) is 7.91. The largest absolute Gasteiger partial charge is 0.355 e. The van der Waals surface area contributed by atoms with E-state index in [2.05, 4.69) is 5.32 Å². The summed E-state index contributed by atoms with van der Waals surface area (Å²) in [4.78, 5) is 11.4. The number of carbonyl (C=O) groups is 1. The van der Waals surface area contributed by atoms with Crippen molar-refractivity contribution >= 4 is 29.9 Å². The minimum Gasteiger partial charge on any atom is -0.355 e. The number of amides is 1. The highest BCUT2D eigenvalue weighted by molar-refractivity contribution is 6.31. The molecule has 0 radical (unpaired) electrons. The number of hydrogen-bond donors (Lipinski definition) is 2. The van der Waals surface area contributed by atoms with Crippen molar-refractivity contribution in [2.24, 2.45) is 11.7 Å². The zero-order valence-electron chi connectivity index (χ0n) is 10.1. The number of nitrogens with two attached hydrogens (primary N) is 1. The maximum absolute atomic E-state index is 12.8. The predicted octanol–water partition coefficient (Wildman–Crippen LogP) is 2.15. The van der Waals surface area contributed by atoms with Gasteiger partial charge in [0, 0.05) is 24.0 Å². The van der Waals surface area contributed by atoms with Gasteiger partial charge in [-0.25, -0.2) is 4.39 Å². The monoisotopic (exact) mass is 294 g/mol. The number of nitrogens with one attached hydrogen (secondary N) is 1. The Bertz CT molecular complexity index is 402. The van der Waals surface area contributed by atoms with Crippen LogP contribution < -0.4 is 11.1 Å². The molecule has 6 heteroatoms. The van der Waals surface area contributed by atoms with Crippen LogP contribution in [0, 0.1) is 11.7 Å². The lowest BCUT2D eigenvalue weighted by molar-refractivity contribution is -0.124. The second-order valence-electron chi connectivity index (χ2n) is 3.91. The van der Waals surface area contributed by atoms with Gasteiger partial charge in [0.05, 0.1) is 0 Å². The molecule has 0 spiro atoms. The number of hydrogen-bond acceptors (Lipinski definition) is 2. The van der Waals surface area contributed by atoms with E-state index in [0.29, 0.717) is 24.5 Å². The standard InChI is InChI=1S/C12H16ClFN2O.ClH/c1-8(7-15)12(17)16-5-4-9-2-3-10(14)6-11(9)13;/h2-3,6,8H,4-5,7,15H2,1H3,(H,16,17);1H. The third kappa shape index (κ3) is 5.21. The molecular formula is C12H17Cl2FN2O. The van der Waals surface area contributed by atoms with Gasteiger partial charge < -0.3 is 11.1 Å². The molecule has 102 valence electrons. The predicted molar refractivity (Wildman–Crippen MR) is 73.6 cm³/mol.